The molecule has 4 rings (SSSR count). The van der Waals surface area contributed by atoms with Gasteiger partial charge < -0.3 is 10.0 Å². The molecule has 1 aliphatic rings. The number of amides is 1. The molecule has 1 fully saturated rings. The number of benzene rings is 1. The number of aromatic nitrogens is 4. The van der Waals surface area contributed by atoms with Crippen LogP contribution in [0.25, 0.3) is 16.6 Å². The molecule has 1 aliphatic heterocycles. The Bertz CT molecular complexity index is 1030. The molecule has 0 bridgehead atoms. The maximum atomic E-state index is 13.1. The van der Waals surface area contributed by atoms with Crippen molar-refractivity contribution in [3.05, 3.63) is 47.9 Å². The standard InChI is InChI=1S/C21H26N6O2/c1-14-12-26(11-10-25(14)13-15(2)28)21(29)19-16(3)27(24-23-19)18-8-4-6-17-7-5-9-22-20(17)18/h4-9,14-15,28H,10-13H2,1-3H3. The van der Waals surface area contributed by atoms with Crippen molar-refractivity contribution >= 4 is 16.8 Å². The number of rotatable bonds is 4. The Labute approximate surface area is 169 Å². The molecule has 0 saturated carbocycles. The van der Waals surface area contributed by atoms with Gasteiger partial charge in [-0.05, 0) is 32.9 Å². The van der Waals surface area contributed by atoms with E-state index in [1.54, 1.807) is 17.8 Å². The van der Waals surface area contributed by atoms with Crippen LogP contribution in [0.1, 0.15) is 30.0 Å². The van der Waals surface area contributed by atoms with E-state index in [-0.39, 0.29) is 18.1 Å². The van der Waals surface area contributed by atoms with Crippen LogP contribution in [0.5, 0.6) is 0 Å². The van der Waals surface area contributed by atoms with Crippen molar-refractivity contribution in [2.24, 2.45) is 0 Å². The summed E-state index contributed by atoms with van der Waals surface area (Å²) in [6.45, 7) is 8.29. The summed E-state index contributed by atoms with van der Waals surface area (Å²) < 4.78 is 1.69. The number of carbonyl (C=O) groups is 1. The summed E-state index contributed by atoms with van der Waals surface area (Å²) in [4.78, 5) is 21.6. The Balaban J connectivity index is 1.58. The number of pyridine rings is 1. The maximum Gasteiger partial charge on any atom is 0.276 e. The second kappa shape index (κ2) is 7.88. The zero-order valence-corrected chi connectivity index (χ0v) is 17.0. The number of hydrogen-bond acceptors (Lipinski definition) is 6. The third-order valence-electron chi connectivity index (χ3n) is 5.49. The van der Waals surface area contributed by atoms with Crippen LogP contribution in [-0.2, 0) is 0 Å². The van der Waals surface area contributed by atoms with E-state index in [9.17, 15) is 9.90 Å². The van der Waals surface area contributed by atoms with Crippen LogP contribution in [0.4, 0.5) is 0 Å². The van der Waals surface area contributed by atoms with Crippen molar-refractivity contribution in [1.29, 1.82) is 0 Å². The lowest BCUT2D eigenvalue weighted by molar-refractivity contribution is 0.0361. The van der Waals surface area contributed by atoms with Crippen LogP contribution in [0.3, 0.4) is 0 Å². The van der Waals surface area contributed by atoms with Gasteiger partial charge in [0.15, 0.2) is 5.69 Å². The Morgan fingerprint density at radius 3 is 2.83 bits per heavy atom. The number of para-hydroxylation sites is 1. The largest absolute Gasteiger partial charge is 0.392 e. The van der Waals surface area contributed by atoms with Crippen LogP contribution in [-0.4, -0.2) is 79.1 Å². The first kappa shape index (κ1) is 19.5. The lowest BCUT2D eigenvalue weighted by Gasteiger charge is -2.40. The van der Waals surface area contributed by atoms with E-state index in [4.69, 9.17) is 0 Å². The average Bonchev–Trinajstić information content (AvgIpc) is 3.09. The van der Waals surface area contributed by atoms with Crippen LogP contribution in [0.15, 0.2) is 36.5 Å². The van der Waals surface area contributed by atoms with E-state index in [2.05, 4.69) is 27.1 Å². The molecule has 0 aliphatic carbocycles. The van der Waals surface area contributed by atoms with Gasteiger partial charge in [0, 0.05) is 43.8 Å². The van der Waals surface area contributed by atoms with Crippen LogP contribution in [0.2, 0.25) is 0 Å². The summed E-state index contributed by atoms with van der Waals surface area (Å²) >= 11 is 0. The van der Waals surface area contributed by atoms with Crippen molar-refractivity contribution in [1.82, 2.24) is 29.8 Å². The van der Waals surface area contributed by atoms with Crippen LogP contribution in [0, 0.1) is 6.92 Å². The van der Waals surface area contributed by atoms with Gasteiger partial charge in [0.2, 0.25) is 0 Å². The van der Waals surface area contributed by atoms with Gasteiger partial charge in [-0.25, -0.2) is 4.68 Å². The molecule has 152 valence electrons. The predicted molar refractivity (Wildman–Crippen MR) is 110 cm³/mol. The van der Waals surface area contributed by atoms with Gasteiger partial charge >= 0.3 is 0 Å². The molecule has 0 spiro atoms. The number of aliphatic hydroxyl groups excluding tert-OH is 1. The van der Waals surface area contributed by atoms with Gasteiger partial charge in [-0.15, -0.1) is 5.10 Å². The topological polar surface area (TPSA) is 87.4 Å². The second-order valence-electron chi connectivity index (χ2n) is 7.73. The van der Waals surface area contributed by atoms with E-state index in [0.29, 0.717) is 31.0 Å². The van der Waals surface area contributed by atoms with Crippen molar-refractivity contribution in [3.8, 4) is 5.69 Å². The van der Waals surface area contributed by atoms with Crippen LogP contribution >= 0.6 is 0 Å². The van der Waals surface area contributed by atoms with E-state index in [1.807, 2.05) is 42.2 Å². The number of carbonyl (C=O) groups excluding carboxylic acids is 1. The van der Waals surface area contributed by atoms with Crippen molar-refractivity contribution in [2.45, 2.75) is 32.9 Å². The Morgan fingerprint density at radius 1 is 1.28 bits per heavy atom. The molecular formula is C21H26N6O2. The van der Waals surface area contributed by atoms with E-state index in [0.717, 1.165) is 23.1 Å². The van der Waals surface area contributed by atoms with E-state index in [1.165, 1.54) is 0 Å². The molecule has 8 nitrogen and oxygen atoms in total. The summed E-state index contributed by atoms with van der Waals surface area (Å²) in [5, 5.41) is 19.1. The SMILES string of the molecule is Cc1c(C(=O)N2CCN(CC(C)O)C(C)C2)nnn1-c1cccc2cccnc12. The molecule has 2 unspecified atom stereocenters. The van der Waals surface area contributed by atoms with Gasteiger partial charge in [0.1, 0.15) is 0 Å². The first-order chi connectivity index (χ1) is 14.0. The van der Waals surface area contributed by atoms with Gasteiger partial charge in [-0.3, -0.25) is 14.7 Å². The fraction of sp³-hybridized carbons (Fsp3) is 0.429. The normalized spacial score (nSPS) is 18.9. The highest BCUT2D eigenvalue weighted by Gasteiger charge is 2.30. The molecule has 0 radical (unpaired) electrons. The highest BCUT2D eigenvalue weighted by atomic mass is 16.3. The van der Waals surface area contributed by atoms with Gasteiger partial charge in [-0.1, -0.05) is 23.4 Å². The number of fused-ring (bicyclic) bond motifs is 1. The molecule has 2 aromatic heterocycles. The monoisotopic (exact) mass is 394 g/mol. The molecular weight excluding hydrogens is 368 g/mol. The maximum absolute atomic E-state index is 13.1. The molecule has 8 heteroatoms. The first-order valence-electron chi connectivity index (χ1n) is 9.93. The van der Waals surface area contributed by atoms with Crippen molar-refractivity contribution in [3.63, 3.8) is 0 Å². The number of piperazine rings is 1. The zero-order chi connectivity index (χ0) is 20.5. The van der Waals surface area contributed by atoms with Gasteiger partial charge in [0.05, 0.1) is 23.0 Å². The summed E-state index contributed by atoms with van der Waals surface area (Å²) in [6, 6.07) is 9.96. The second-order valence-corrected chi connectivity index (χ2v) is 7.73. The number of hydrogen-bond donors (Lipinski definition) is 1. The van der Waals surface area contributed by atoms with Crippen molar-refractivity contribution in [2.75, 3.05) is 26.2 Å². The highest BCUT2D eigenvalue weighted by molar-refractivity contribution is 5.94. The minimum atomic E-state index is -0.379. The minimum Gasteiger partial charge on any atom is -0.392 e. The molecule has 1 aromatic carbocycles. The quantitative estimate of drug-likeness (QED) is 0.724. The number of aliphatic hydroxyl groups is 1. The van der Waals surface area contributed by atoms with Gasteiger partial charge in [-0.2, -0.15) is 0 Å². The smallest absolute Gasteiger partial charge is 0.276 e. The van der Waals surface area contributed by atoms with E-state index >= 15 is 0 Å². The summed E-state index contributed by atoms with van der Waals surface area (Å²) in [5.41, 5.74) is 2.70. The predicted octanol–water partition coefficient (Wildman–Crippen LogP) is 1.65. The lowest BCUT2D eigenvalue weighted by Crippen LogP contribution is -2.55. The molecule has 1 amide bonds. The van der Waals surface area contributed by atoms with Crippen LogP contribution < -0.4 is 0 Å². The number of β-amino-alcohol motifs (C(OH)–C–C–N with tert-alkyl or cyclic N) is 1. The minimum absolute atomic E-state index is 0.106. The molecule has 3 heterocycles. The Kier molecular flexibility index (Phi) is 5.29. The highest BCUT2D eigenvalue weighted by Crippen LogP contribution is 2.22. The zero-order valence-electron chi connectivity index (χ0n) is 17.0. The summed E-state index contributed by atoms with van der Waals surface area (Å²) in [5.74, 6) is -0.106. The summed E-state index contributed by atoms with van der Waals surface area (Å²) in [7, 11) is 0. The third-order valence-corrected chi connectivity index (χ3v) is 5.49. The lowest BCUT2D eigenvalue weighted by atomic mass is 10.1. The molecule has 2 atom stereocenters. The number of nitrogens with zero attached hydrogens (tertiary/aromatic N) is 6. The summed E-state index contributed by atoms with van der Waals surface area (Å²) in [6.07, 6.45) is 1.37. The van der Waals surface area contributed by atoms with E-state index < -0.39 is 0 Å². The molecule has 1 saturated heterocycles. The fourth-order valence-corrected chi connectivity index (χ4v) is 3.95. The fourth-order valence-electron chi connectivity index (χ4n) is 3.95. The molecule has 3 aromatic rings. The van der Waals surface area contributed by atoms with Gasteiger partial charge in [0.25, 0.3) is 5.91 Å². The molecule has 29 heavy (non-hydrogen) atoms. The van der Waals surface area contributed by atoms with Crippen molar-refractivity contribution < 1.29 is 9.90 Å². The Morgan fingerprint density at radius 2 is 2.07 bits per heavy atom. The third kappa shape index (κ3) is 3.73. The molecule has 1 N–H and O–H groups in total. The first-order valence-corrected chi connectivity index (χ1v) is 9.93. The average molecular weight is 394 g/mol. The Hall–Kier alpha value is -2.84.